The van der Waals surface area contributed by atoms with Crippen molar-refractivity contribution in [3.05, 3.63) is 59.6 Å². The van der Waals surface area contributed by atoms with E-state index in [1.54, 1.807) is 30.3 Å². The van der Waals surface area contributed by atoms with Crippen LogP contribution >= 0.6 is 11.6 Å². The standard InChI is InChI=1S/C12H7ClO.2Li/c13-10-6-8-12(9-7-10)14-11-4-2-1-3-5-11;;/h1,4-9H;;/q-2;2*+1. The van der Waals surface area contributed by atoms with E-state index in [0.29, 0.717) is 5.02 Å². The molecule has 0 fully saturated rings. The van der Waals surface area contributed by atoms with E-state index in [1.807, 2.05) is 12.1 Å². The minimum absolute atomic E-state index is 0. The maximum atomic E-state index is 5.75. The third-order valence-corrected chi connectivity index (χ3v) is 1.92. The zero-order valence-corrected chi connectivity index (χ0v) is 10.1. The van der Waals surface area contributed by atoms with Crippen molar-refractivity contribution in [1.29, 1.82) is 0 Å². The van der Waals surface area contributed by atoms with Gasteiger partial charge in [-0.15, -0.1) is 5.75 Å². The van der Waals surface area contributed by atoms with Gasteiger partial charge in [-0.2, -0.15) is 0 Å². The molecule has 1 nitrogen and oxygen atoms in total. The van der Waals surface area contributed by atoms with Gasteiger partial charge in [0.15, 0.2) is 0 Å². The van der Waals surface area contributed by atoms with E-state index in [2.05, 4.69) is 12.1 Å². The smallest absolute Gasteiger partial charge is 0.578 e. The second-order valence-electron chi connectivity index (χ2n) is 2.72. The van der Waals surface area contributed by atoms with E-state index in [0.717, 1.165) is 11.5 Å². The van der Waals surface area contributed by atoms with Crippen LogP contribution in [0.5, 0.6) is 11.5 Å². The molecule has 0 radical (unpaired) electrons. The third-order valence-electron chi connectivity index (χ3n) is 1.67. The molecule has 0 aliphatic carbocycles. The summed E-state index contributed by atoms with van der Waals surface area (Å²) in [6, 6.07) is 18.2. The van der Waals surface area contributed by atoms with Gasteiger partial charge in [0, 0.05) is 5.02 Å². The molecule has 2 aromatic rings. The molecule has 0 aliphatic rings. The Morgan fingerprint density at radius 1 is 0.875 bits per heavy atom. The molecule has 0 atom stereocenters. The van der Waals surface area contributed by atoms with Crippen LogP contribution in [0.2, 0.25) is 5.02 Å². The van der Waals surface area contributed by atoms with Gasteiger partial charge in [-0.3, -0.25) is 12.1 Å². The maximum absolute atomic E-state index is 5.75. The first kappa shape index (κ1) is 15.7. The van der Waals surface area contributed by atoms with Crippen LogP contribution in [0.4, 0.5) is 0 Å². The maximum Gasteiger partial charge on any atom is 1.00 e. The van der Waals surface area contributed by atoms with Gasteiger partial charge in [-0.25, -0.2) is 0 Å². The molecule has 0 aliphatic heterocycles. The molecule has 0 saturated carbocycles. The van der Waals surface area contributed by atoms with Gasteiger partial charge in [0.2, 0.25) is 0 Å². The van der Waals surface area contributed by atoms with Gasteiger partial charge in [0.25, 0.3) is 0 Å². The zero-order valence-electron chi connectivity index (χ0n) is 9.33. The van der Waals surface area contributed by atoms with Crippen molar-refractivity contribution >= 4 is 11.6 Å². The Balaban J connectivity index is 0.00000112. The fourth-order valence-corrected chi connectivity index (χ4v) is 1.16. The molecular weight excluding hydrogens is 209 g/mol. The van der Waals surface area contributed by atoms with Crippen LogP contribution < -0.4 is 42.5 Å². The predicted octanol–water partition coefficient (Wildman–Crippen LogP) is -2.26. The van der Waals surface area contributed by atoms with Crippen molar-refractivity contribution in [3.63, 3.8) is 0 Å². The predicted molar refractivity (Wildman–Crippen MR) is 55.6 cm³/mol. The number of benzene rings is 2. The normalized spacial score (nSPS) is 8.56. The Bertz CT molecular complexity index is 403. The van der Waals surface area contributed by atoms with Crippen LogP contribution in [-0.4, -0.2) is 0 Å². The van der Waals surface area contributed by atoms with Crippen LogP contribution in [0, 0.1) is 12.1 Å². The van der Waals surface area contributed by atoms with Gasteiger partial charge >= 0.3 is 37.7 Å². The fourth-order valence-electron chi connectivity index (χ4n) is 1.04. The Morgan fingerprint density at radius 3 is 2.00 bits per heavy atom. The summed E-state index contributed by atoms with van der Waals surface area (Å²) in [6.07, 6.45) is 0. The first-order valence-electron chi connectivity index (χ1n) is 4.15. The largest absolute Gasteiger partial charge is 1.00 e. The van der Waals surface area contributed by atoms with Crippen molar-refractivity contribution < 1.29 is 42.5 Å². The monoisotopic (exact) mass is 216 g/mol. The molecule has 16 heavy (non-hydrogen) atoms. The SMILES string of the molecule is Clc1ccc(Oc2c[c-]c[c-]c2)cc1.[Li+].[Li+]. The second-order valence-corrected chi connectivity index (χ2v) is 3.16. The molecule has 0 unspecified atom stereocenters. The van der Waals surface area contributed by atoms with E-state index in [-0.39, 0.29) is 37.7 Å². The summed E-state index contributed by atoms with van der Waals surface area (Å²) in [6.45, 7) is 0. The van der Waals surface area contributed by atoms with Gasteiger partial charge < -0.3 is 22.9 Å². The molecule has 0 aromatic heterocycles. The molecule has 0 bridgehead atoms. The average Bonchev–Trinajstić information content (AvgIpc) is 2.23. The topological polar surface area (TPSA) is 9.23 Å². The molecule has 0 saturated heterocycles. The summed E-state index contributed by atoms with van der Waals surface area (Å²) >= 11 is 5.75. The summed E-state index contributed by atoms with van der Waals surface area (Å²) in [5, 5.41) is 0.698. The molecule has 0 heterocycles. The van der Waals surface area contributed by atoms with Crippen LogP contribution in [0.3, 0.4) is 0 Å². The van der Waals surface area contributed by atoms with Crippen LogP contribution in [-0.2, 0) is 0 Å². The number of ether oxygens (including phenoxy) is 1. The van der Waals surface area contributed by atoms with E-state index < -0.39 is 0 Å². The van der Waals surface area contributed by atoms with Crippen molar-refractivity contribution in [2.45, 2.75) is 0 Å². The number of rotatable bonds is 2. The van der Waals surface area contributed by atoms with E-state index in [1.165, 1.54) is 0 Å². The quantitative estimate of drug-likeness (QED) is 0.407. The van der Waals surface area contributed by atoms with Gasteiger partial charge in [-0.1, -0.05) is 11.6 Å². The minimum Gasteiger partial charge on any atom is -0.578 e. The number of hydrogen-bond acceptors (Lipinski definition) is 1. The minimum atomic E-state index is 0. The van der Waals surface area contributed by atoms with Crippen molar-refractivity contribution in [2.24, 2.45) is 0 Å². The van der Waals surface area contributed by atoms with Gasteiger partial charge in [0.05, 0.1) is 5.75 Å². The van der Waals surface area contributed by atoms with Crippen molar-refractivity contribution in [2.75, 3.05) is 0 Å². The Kier molecular flexibility index (Phi) is 7.77. The Labute approximate surface area is 125 Å². The average molecular weight is 217 g/mol. The van der Waals surface area contributed by atoms with Gasteiger partial charge in [-0.05, 0) is 24.3 Å². The van der Waals surface area contributed by atoms with Crippen LogP contribution in [0.15, 0.2) is 42.5 Å². The fraction of sp³-hybridized carbons (Fsp3) is 0. The third kappa shape index (κ3) is 4.71. The number of halogens is 1. The van der Waals surface area contributed by atoms with Crippen LogP contribution in [0.1, 0.15) is 0 Å². The van der Waals surface area contributed by atoms with Gasteiger partial charge in [0.1, 0.15) is 0 Å². The first-order valence-corrected chi connectivity index (χ1v) is 4.53. The number of hydrogen-bond donors (Lipinski definition) is 0. The molecule has 2 rings (SSSR count). The molecule has 0 N–H and O–H groups in total. The first-order chi connectivity index (χ1) is 6.84. The summed E-state index contributed by atoms with van der Waals surface area (Å²) in [7, 11) is 0. The van der Waals surface area contributed by atoms with E-state index in [4.69, 9.17) is 16.3 Å². The molecule has 4 heteroatoms. The summed E-state index contributed by atoms with van der Waals surface area (Å²) in [5.74, 6) is 1.47. The summed E-state index contributed by atoms with van der Waals surface area (Å²) in [4.78, 5) is 0. The van der Waals surface area contributed by atoms with E-state index >= 15 is 0 Å². The Hall–Kier alpha value is -0.275. The molecule has 0 spiro atoms. The Morgan fingerprint density at radius 2 is 1.44 bits per heavy atom. The summed E-state index contributed by atoms with van der Waals surface area (Å²) < 4.78 is 5.51. The summed E-state index contributed by atoms with van der Waals surface area (Å²) in [5.41, 5.74) is 0. The van der Waals surface area contributed by atoms with Crippen molar-refractivity contribution in [1.82, 2.24) is 0 Å². The van der Waals surface area contributed by atoms with Crippen LogP contribution in [0.25, 0.3) is 0 Å². The molecule has 2 aromatic carbocycles. The second kappa shape index (κ2) is 7.91. The van der Waals surface area contributed by atoms with Crippen molar-refractivity contribution in [3.8, 4) is 11.5 Å². The zero-order chi connectivity index (χ0) is 9.80. The van der Waals surface area contributed by atoms with E-state index in [9.17, 15) is 0 Å². The molecular formula is C12H7ClLi2O. The molecule has 70 valence electrons. The molecule has 0 amide bonds.